The molecule has 4 rings (SSSR count). The summed E-state index contributed by atoms with van der Waals surface area (Å²) in [5.74, 6) is 3.34. The highest BCUT2D eigenvalue weighted by Crippen LogP contribution is 2.32. The lowest BCUT2D eigenvalue weighted by molar-refractivity contribution is 0.482. The fraction of sp³-hybridized carbons (Fsp3) is 0. The minimum absolute atomic E-state index is 0.831. The number of hydrogen-bond donors (Lipinski definition) is 0. The van der Waals surface area contributed by atoms with E-state index in [2.05, 4.69) is 24.3 Å². The minimum Gasteiger partial charge on any atom is -0.457 e. The van der Waals surface area contributed by atoms with Crippen molar-refractivity contribution in [2.24, 2.45) is 0 Å². The van der Waals surface area contributed by atoms with E-state index < -0.39 is 0 Å². The first-order chi connectivity index (χ1) is 13.3. The van der Waals surface area contributed by atoms with Gasteiger partial charge in [0.25, 0.3) is 0 Å². The van der Waals surface area contributed by atoms with Gasteiger partial charge in [-0.1, -0.05) is 48.2 Å². The molecule has 4 aromatic carbocycles. The Labute approximate surface area is 163 Å². The highest BCUT2D eigenvalue weighted by atomic mass is 32.2. The van der Waals surface area contributed by atoms with Crippen LogP contribution in [0, 0.1) is 0 Å². The topological polar surface area (TPSA) is 18.5 Å². The van der Waals surface area contributed by atoms with Gasteiger partial charge in [-0.3, -0.25) is 0 Å². The zero-order chi connectivity index (χ0) is 18.3. The van der Waals surface area contributed by atoms with Crippen LogP contribution in [0.5, 0.6) is 23.0 Å². The first-order valence-electron chi connectivity index (χ1n) is 8.69. The highest BCUT2D eigenvalue weighted by molar-refractivity contribution is 7.99. The van der Waals surface area contributed by atoms with Crippen LogP contribution in [0.15, 0.2) is 119 Å². The predicted octanol–water partition coefficient (Wildman–Crippen LogP) is 7.42. The molecule has 0 fully saturated rings. The van der Waals surface area contributed by atoms with Crippen LogP contribution in [0.2, 0.25) is 0 Å². The first-order valence-corrected chi connectivity index (χ1v) is 9.51. The first kappa shape index (κ1) is 17.3. The van der Waals surface area contributed by atoms with E-state index >= 15 is 0 Å². The monoisotopic (exact) mass is 370 g/mol. The molecule has 0 aliphatic heterocycles. The number of rotatable bonds is 6. The number of ether oxygens (including phenoxy) is 2. The van der Waals surface area contributed by atoms with Gasteiger partial charge in [0, 0.05) is 9.79 Å². The summed E-state index contributed by atoms with van der Waals surface area (Å²) in [6.45, 7) is 0. The van der Waals surface area contributed by atoms with Crippen molar-refractivity contribution < 1.29 is 9.47 Å². The van der Waals surface area contributed by atoms with Crippen molar-refractivity contribution in [2.75, 3.05) is 0 Å². The van der Waals surface area contributed by atoms with Crippen LogP contribution in [-0.4, -0.2) is 0 Å². The van der Waals surface area contributed by atoms with Crippen molar-refractivity contribution in [1.82, 2.24) is 0 Å². The van der Waals surface area contributed by atoms with E-state index in [1.54, 1.807) is 11.8 Å². The zero-order valence-electron chi connectivity index (χ0n) is 14.6. The Morgan fingerprint density at radius 2 is 0.704 bits per heavy atom. The van der Waals surface area contributed by atoms with Gasteiger partial charge in [0.05, 0.1) is 0 Å². The number of benzene rings is 4. The molecule has 0 saturated heterocycles. The Balaban J connectivity index is 1.37. The summed E-state index contributed by atoms with van der Waals surface area (Å²) in [7, 11) is 0. The second-order valence-corrected chi connectivity index (χ2v) is 7.02. The van der Waals surface area contributed by atoms with Crippen molar-refractivity contribution in [3.63, 3.8) is 0 Å². The summed E-state index contributed by atoms with van der Waals surface area (Å²) in [5, 5.41) is 0. The maximum Gasteiger partial charge on any atom is 0.127 e. The van der Waals surface area contributed by atoms with Gasteiger partial charge in [0.1, 0.15) is 23.0 Å². The van der Waals surface area contributed by atoms with Crippen molar-refractivity contribution in [3.05, 3.63) is 109 Å². The van der Waals surface area contributed by atoms with Gasteiger partial charge in [0.15, 0.2) is 0 Å². The molecule has 0 atom stereocenters. The average Bonchev–Trinajstić information content (AvgIpc) is 2.73. The third-order valence-corrected chi connectivity index (χ3v) is 4.86. The fourth-order valence-corrected chi connectivity index (χ4v) is 3.35. The van der Waals surface area contributed by atoms with E-state index in [0.29, 0.717) is 0 Å². The second kappa shape index (κ2) is 8.47. The van der Waals surface area contributed by atoms with Crippen LogP contribution in [0.1, 0.15) is 0 Å². The fourth-order valence-electron chi connectivity index (χ4n) is 2.54. The van der Waals surface area contributed by atoms with Crippen LogP contribution < -0.4 is 9.47 Å². The maximum atomic E-state index is 5.83. The Hall–Kier alpha value is -3.17. The van der Waals surface area contributed by atoms with Crippen LogP contribution in [-0.2, 0) is 0 Å². The normalized spacial score (nSPS) is 10.4. The Morgan fingerprint density at radius 1 is 0.370 bits per heavy atom. The third-order valence-electron chi connectivity index (χ3n) is 3.84. The van der Waals surface area contributed by atoms with Gasteiger partial charge in [-0.25, -0.2) is 0 Å². The zero-order valence-corrected chi connectivity index (χ0v) is 15.4. The van der Waals surface area contributed by atoms with E-state index in [-0.39, 0.29) is 0 Å². The molecule has 0 N–H and O–H groups in total. The van der Waals surface area contributed by atoms with E-state index in [1.807, 2.05) is 84.9 Å². The van der Waals surface area contributed by atoms with Crippen LogP contribution in [0.25, 0.3) is 0 Å². The molecule has 0 aromatic heterocycles. The summed E-state index contributed by atoms with van der Waals surface area (Å²) in [6.07, 6.45) is 0. The molecule has 4 aromatic rings. The lowest BCUT2D eigenvalue weighted by Crippen LogP contribution is -1.84. The molecule has 0 unspecified atom stereocenters. The smallest absolute Gasteiger partial charge is 0.127 e. The Morgan fingerprint density at radius 3 is 1.07 bits per heavy atom. The molecule has 0 radical (unpaired) electrons. The molecule has 0 aliphatic carbocycles. The lowest BCUT2D eigenvalue weighted by atomic mass is 10.3. The van der Waals surface area contributed by atoms with Crippen molar-refractivity contribution in [2.45, 2.75) is 9.79 Å². The molecular weight excluding hydrogens is 352 g/mol. The van der Waals surface area contributed by atoms with E-state index in [0.717, 1.165) is 32.8 Å². The standard InChI is InChI=1S/C24H18O2S/c1-3-7-19(8-4-1)25-21-11-15-23(16-12-21)27-24-17-13-22(14-18-24)26-20-9-5-2-6-10-20/h1-18H. The molecule has 0 amide bonds. The Kier molecular flexibility index (Phi) is 5.42. The SMILES string of the molecule is c1ccc(Oc2ccc(Sc3ccc(Oc4ccccc4)cc3)cc2)cc1. The van der Waals surface area contributed by atoms with Crippen LogP contribution in [0.3, 0.4) is 0 Å². The van der Waals surface area contributed by atoms with Crippen LogP contribution >= 0.6 is 11.8 Å². The summed E-state index contributed by atoms with van der Waals surface area (Å²) < 4.78 is 11.7. The van der Waals surface area contributed by atoms with E-state index in [1.165, 1.54) is 0 Å². The van der Waals surface area contributed by atoms with Gasteiger partial charge in [0.2, 0.25) is 0 Å². The molecule has 0 aliphatic rings. The molecule has 0 saturated carbocycles. The molecule has 0 heterocycles. The predicted molar refractivity (Wildman–Crippen MR) is 110 cm³/mol. The number of hydrogen-bond acceptors (Lipinski definition) is 3. The lowest BCUT2D eigenvalue weighted by Gasteiger charge is -2.08. The van der Waals surface area contributed by atoms with Crippen molar-refractivity contribution >= 4 is 11.8 Å². The largest absolute Gasteiger partial charge is 0.457 e. The molecule has 2 nitrogen and oxygen atoms in total. The molecule has 3 heteroatoms. The van der Waals surface area contributed by atoms with Gasteiger partial charge in [-0.05, 0) is 72.8 Å². The minimum atomic E-state index is 0.831. The van der Waals surface area contributed by atoms with Crippen molar-refractivity contribution in [3.8, 4) is 23.0 Å². The quantitative estimate of drug-likeness (QED) is 0.352. The number of para-hydroxylation sites is 2. The molecule has 0 spiro atoms. The van der Waals surface area contributed by atoms with Gasteiger partial charge in [-0.15, -0.1) is 0 Å². The molecular formula is C24H18O2S. The highest BCUT2D eigenvalue weighted by Gasteiger charge is 2.02. The van der Waals surface area contributed by atoms with E-state index in [4.69, 9.17) is 9.47 Å². The maximum absolute atomic E-state index is 5.83. The van der Waals surface area contributed by atoms with Crippen molar-refractivity contribution in [1.29, 1.82) is 0 Å². The van der Waals surface area contributed by atoms with Crippen LogP contribution in [0.4, 0.5) is 0 Å². The second-order valence-electron chi connectivity index (χ2n) is 5.88. The molecule has 132 valence electrons. The summed E-state index contributed by atoms with van der Waals surface area (Å²) >= 11 is 1.71. The van der Waals surface area contributed by atoms with Gasteiger partial charge >= 0.3 is 0 Å². The van der Waals surface area contributed by atoms with Gasteiger partial charge in [-0.2, -0.15) is 0 Å². The summed E-state index contributed by atoms with van der Waals surface area (Å²) in [5.41, 5.74) is 0. The van der Waals surface area contributed by atoms with Gasteiger partial charge < -0.3 is 9.47 Å². The Bertz CT molecular complexity index is 883. The van der Waals surface area contributed by atoms with E-state index in [9.17, 15) is 0 Å². The third kappa shape index (κ3) is 4.93. The molecule has 27 heavy (non-hydrogen) atoms. The summed E-state index contributed by atoms with van der Waals surface area (Å²) in [4.78, 5) is 2.32. The molecule has 0 bridgehead atoms. The average molecular weight is 370 g/mol. The summed E-state index contributed by atoms with van der Waals surface area (Å²) in [6, 6.07) is 35.8.